The molecule has 0 saturated carbocycles. The fourth-order valence-electron chi connectivity index (χ4n) is 2.02. The van der Waals surface area contributed by atoms with Crippen molar-refractivity contribution in [2.45, 2.75) is 27.3 Å². The largest absolute Gasteiger partial charge is 0.461 e. The third-order valence-corrected chi connectivity index (χ3v) is 2.80. The standard InChI is InChI=1S/C15H18N2O2/c1-4-19-15(18)14-9-12(3)16-17(14)10-13-7-5-6-11(2)8-13/h5-9H,4,10H2,1-3H3. The van der Waals surface area contributed by atoms with Gasteiger partial charge in [0.1, 0.15) is 5.69 Å². The van der Waals surface area contributed by atoms with Crippen molar-refractivity contribution in [3.05, 3.63) is 52.8 Å². The Morgan fingerprint density at radius 1 is 1.32 bits per heavy atom. The van der Waals surface area contributed by atoms with E-state index >= 15 is 0 Å². The van der Waals surface area contributed by atoms with Crippen molar-refractivity contribution >= 4 is 5.97 Å². The molecule has 100 valence electrons. The molecule has 0 aliphatic heterocycles. The van der Waals surface area contributed by atoms with E-state index in [2.05, 4.69) is 11.2 Å². The van der Waals surface area contributed by atoms with E-state index in [1.54, 1.807) is 17.7 Å². The molecule has 0 saturated heterocycles. The summed E-state index contributed by atoms with van der Waals surface area (Å²) >= 11 is 0. The molecule has 0 aliphatic carbocycles. The number of esters is 1. The normalized spacial score (nSPS) is 10.5. The number of hydrogen-bond acceptors (Lipinski definition) is 3. The Bertz CT molecular complexity index is 588. The number of aryl methyl sites for hydroxylation is 2. The molecule has 0 atom stereocenters. The zero-order valence-electron chi connectivity index (χ0n) is 11.5. The number of benzene rings is 1. The fraction of sp³-hybridized carbons (Fsp3) is 0.333. The predicted molar refractivity (Wildman–Crippen MR) is 73.2 cm³/mol. The van der Waals surface area contributed by atoms with Crippen molar-refractivity contribution < 1.29 is 9.53 Å². The number of aromatic nitrogens is 2. The lowest BCUT2D eigenvalue weighted by molar-refractivity contribution is 0.0512. The first kappa shape index (κ1) is 13.3. The topological polar surface area (TPSA) is 44.1 Å². The third kappa shape index (κ3) is 3.22. The summed E-state index contributed by atoms with van der Waals surface area (Å²) < 4.78 is 6.74. The molecule has 1 heterocycles. The van der Waals surface area contributed by atoms with Crippen LogP contribution in [0, 0.1) is 13.8 Å². The number of ether oxygens (including phenoxy) is 1. The van der Waals surface area contributed by atoms with Crippen LogP contribution in [0.1, 0.15) is 34.2 Å². The summed E-state index contributed by atoms with van der Waals surface area (Å²) in [5.74, 6) is -0.323. The van der Waals surface area contributed by atoms with Crippen LogP contribution in [0.15, 0.2) is 30.3 Å². The van der Waals surface area contributed by atoms with E-state index in [9.17, 15) is 4.79 Å². The minimum absolute atomic E-state index is 0.323. The molecule has 1 aromatic heterocycles. The van der Waals surface area contributed by atoms with Gasteiger partial charge in [-0.05, 0) is 32.4 Å². The smallest absolute Gasteiger partial charge is 0.356 e. The van der Waals surface area contributed by atoms with Gasteiger partial charge in [-0.15, -0.1) is 0 Å². The van der Waals surface area contributed by atoms with Crippen molar-refractivity contribution in [3.63, 3.8) is 0 Å². The molecule has 0 N–H and O–H groups in total. The van der Waals surface area contributed by atoms with Gasteiger partial charge in [-0.1, -0.05) is 29.8 Å². The van der Waals surface area contributed by atoms with Crippen LogP contribution in [0.4, 0.5) is 0 Å². The van der Waals surface area contributed by atoms with Crippen LogP contribution < -0.4 is 0 Å². The first-order valence-electron chi connectivity index (χ1n) is 6.37. The van der Waals surface area contributed by atoms with Crippen molar-refractivity contribution in [2.75, 3.05) is 6.61 Å². The van der Waals surface area contributed by atoms with Crippen LogP contribution >= 0.6 is 0 Å². The van der Waals surface area contributed by atoms with Gasteiger partial charge in [0.15, 0.2) is 0 Å². The second-order valence-electron chi connectivity index (χ2n) is 4.54. The van der Waals surface area contributed by atoms with Crippen LogP contribution in [0.5, 0.6) is 0 Å². The summed E-state index contributed by atoms with van der Waals surface area (Å²) in [6.45, 7) is 6.66. The summed E-state index contributed by atoms with van der Waals surface area (Å²) in [6, 6.07) is 9.92. The van der Waals surface area contributed by atoms with Gasteiger partial charge in [0.2, 0.25) is 0 Å². The Labute approximate surface area is 113 Å². The second-order valence-corrected chi connectivity index (χ2v) is 4.54. The SMILES string of the molecule is CCOC(=O)c1cc(C)nn1Cc1cccc(C)c1. The van der Waals surface area contributed by atoms with Gasteiger partial charge in [-0.2, -0.15) is 5.10 Å². The highest BCUT2D eigenvalue weighted by Gasteiger charge is 2.15. The predicted octanol–water partition coefficient (Wildman–Crippen LogP) is 2.72. The molecule has 2 aromatic rings. The van der Waals surface area contributed by atoms with Crippen molar-refractivity contribution in [1.82, 2.24) is 9.78 Å². The molecule has 0 radical (unpaired) electrons. The maximum absolute atomic E-state index is 11.9. The van der Waals surface area contributed by atoms with Gasteiger partial charge in [-0.25, -0.2) is 4.79 Å². The van der Waals surface area contributed by atoms with E-state index in [4.69, 9.17) is 4.74 Å². The van der Waals surface area contributed by atoms with Crippen LogP contribution in [-0.2, 0) is 11.3 Å². The van der Waals surface area contributed by atoms with E-state index in [1.807, 2.05) is 32.0 Å². The number of hydrogen-bond donors (Lipinski definition) is 0. The Morgan fingerprint density at radius 2 is 2.11 bits per heavy atom. The Balaban J connectivity index is 2.27. The Morgan fingerprint density at radius 3 is 2.79 bits per heavy atom. The molecule has 19 heavy (non-hydrogen) atoms. The van der Waals surface area contributed by atoms with E-state index in [0.29, 0.717) is 18.8 Å². The minimum Gasteiger partial charge on any atom is -0.461 e. The van der Waals surface area contributed by atoms with Gasteiger partial charge < -0.3 is 4.74 Å². The molecular formula is C15H18N2O2. The molecule has 1 aromatic carbocycles. The van der Waals surface area contributed by atoms with Crippen LogP contribution in [0.25, 0.3) is 0 Å². The van der Waals surface area contributed by atoms with Gasteiger partial charge in [0.25, 0.3) is 0 Å². The van der Waals surface area contributed by atoms with E-state index in [1.165, 1.54) is 5.56 Å². The molecule has 0 unspecified atom stereocenters. The molecule has 4 heteroatoms. The molecule has 0 amide bonds. The highest BCUT2D eigenvalue weighted by atomic mass is 16.5. The van der Waals surface area contributed by atoms with Crippen LogP contribution in [0.3, 0.4) is 0 Å². The number of carbonyl (C=O) groups is 1. The van der Waals surface area contributed by atoms with Gasteiger partial charge in [-0.3, -0.25) is 4.68 Å². The number of carbonyl (C=O) groups excluding carboxylic acids is 1. The van der Waals surface area contributed by atoms with Crippen molar-refractivity contribution in [2.24, 2.45) is 0 Å². The first-order valence-corrected chi connectivity index (χ1v) is 6.37. The van der Waals surface area contributed by atoms with Crippen LogP contribution in [0.2, 0.25) is 0 Å². The average molecular weight is 258 g/mol. The summed E-state index contributed by atoms with van der Waals surface area (Å²) in [6.07, 6.45) is 0. The lowest BCUT2D eigenvalue weighted by Crippen LogP contribution is -2.14. The molecule has 0 bridgehead atoms. The fourth-order valence-corrected chi connectivity index (χ4v) is 2.02. The highest BCUT2D eigenvalue weighted by molar-refractivity contribution is 5.87. The zero-order valence-corrected chi connectivity index (χ0v) is 11.5. The second kappa shape index (κ2) is 5.69. The summed E-state index contributed by atoms with van der Waals surface area (Å²) in [5.41, 5.74) is 3.63. The molecule has 4 nitrogen and oxygen atoms in total. The number of rotatable bonds is 4. The van der Waals surface area contributed by atoms with Gasteiger partial charge in [0.05, 0.1) is 18.8 Å². The summed E-state index contributed by atoms with van der Waals surface area (Å²) in [4.78, 5) is 11.9. The minimum atomic E-state index is -0.323. The van der Waals surface area contributed by atoms with E-state index in [0.717, 1.165) is 11.3 Å². The third-order valence-electron chi connectivity index (χ3n) is 2.80. The monoisotopic (exact) mass is 258 g/mol. The van der Waals surface area contributed by atoms with Gasteiger partial charge in [0, 0.05) is 0 Å². The average Bonchev–Trinajstić information content (AvgIpc) is 2.70. The first-order chi connectivity index (χ1) is 9.10. The maximum atomic E-state index is 11.9. The maximum Gasteiger partial charge on any atom is 0.356 e. The highest BCUT2D eigenvalue weighted by Crippen LogP contribution is 2.11. The lowest BCUT2D eigenvalue weighted by atomic mass is 10.1. The van der Waals surface area contributed by atoms with Crippen LogP contribution in [-0.4, -0.2) is 22.4 Å². The summed E-state index contributed by atoms with van der Waals surface area (Å²) in [7, 11) is 0. The molecule has 2 rings (SSSR count). The Kier molecular flexibility index (Phi) is 4.00. The Hall–Kier alpha value is -2.10. The lowest BCUT2D eigenvalue weighted by Gasteiger charge is -2.07. The zero-order chi connectivity index (χ0) is 13.8. The summed E-state index contributed by atoms with van der Waals surface area (Å²) in [5, 5.41) is 4.35. The van der Waals surface area contributed by atoms with Gasteiger partial charge >= 0.3 is 5.97 Å². The molecular weight excluding hydrogens is 240 g/mol. The quantitative estimate of drug-likeness (QED) is 0.792. The van der Waals surface area contributed by atoms with Crippen molar-refractivity contribution in [1.29, 1.82) is 0 Å². The molecule has 0 aliphatic rings. The number of nitrogens with zero attached hydrogens (tertiary/aromatic N) is 2. The molecule has 0 spiro atoms. The molecule has 0 fully saturated rings. The van der Waals surface area contributed by atoms with E-state index in [-0.39, 0.29) is 5.97 Å². The van der Waals surface area contributed by atoms with E-state index < -0.39 is 0 Å². The van der Waals surface area contributed by atoms with Crippen molar-refractivity contribution in [3.8, 4) is 0 Å².